The number of rotatable bonds is 5. The Morgan fingerprint density at radius 2 is 1.95 bits per heavy atom. The smallest absolute Gasteiger partial charge is 0.381 e. The molecule has 3 nitrogen and oxygen atoms in total. The first-order valence-electron chi connectivity index (χ1n) is 6.79. The molecule has 112 valence electrons. The molecular weight excluding hydrogens is 268 g/mol. The Bertz CT molecular complexity index is 431. The van der Waals surface area contributed by atoms with E-state index in [2.05, 4.69) is 45.7 Å². The van der Waals surface area contributed by atoms with Crippen LogP contribution in [-0.2, 0) is 9.22 Å². The molecule has 0 aliphatic heterocycles. The molecule has 1 atom stereocenters. The van der Waals surface area contributed by atoms with Crippen LogP contribution in [0.5, 0.6) is 0 Å². The number of allylic oxidation sites excluding steroid dienone is 3. The van der Waals surface area contributed by atoms with Gasteiger partial charge in [0.05, 0.1) is 6.10 Å². The van der Waals surface area contributed by atoms with Crippen LogP contribution in [0, 0.1) is 11.8 Å². The molecule has 0 radical (unpaired) electrons. The summed E-state index contributed by atoms with van der Waals surface area (Å²) in [6.07, 6.45) is 7.94. The summed E-state index contributed by atoms with van der Waals surface area (Å²) in [7, 11) is -1.90. The summed E-state index contributed by atoms with van der Waals surface area (Å²) in [6, 6.07) is 0. The molecule has 0 aliphatic carbocycles. The molecule has 0 rings (SSSR count). The summed E-state index contributed by atoms with van der Waals surface area (Å²) in [6.45, 7) is 12.8. The molecule has 0 bridgehead atoms. The number of hydrogen-bond donors (Lipinski definition) is 1. The quantitative estimate of drug-likeness (QED) is 0.474. The molecule has 0 aliphatic rings. The highest BCUT2D eigenvalue weighted by atomic mass is 28.4. The standard InChI is InChI=1S/C16H26O3Si/c1-7-8-9-11-14(12-10-13-15(17)18)19-20(5,6)16(2,3)4/h7-9,11,14H,12H2,1-6H3,(H,17,18). The van der Waals surface area contributed by atoms with E-state index in [0.717, 1.165) is 0 Å². The van der Waals surface area contributed by atoms with Gasteiger partial charge in [-0.15, -0.1) is 0 Å². The Kier molecular flexibility index (Phi) is 7.55. The monoisotopic (exact) mass is 294 g/mol. The van der Waals surface area contributed by atoms with Gasteiger partial charge in [0, 0.05) is 12.3 Å². The van der Waals surface area contributed by atoms with E-state index in [1.807, 2.05) is 31.2 Å². The number of carbonyl (C=O) groups is 1. The van der Waals surface area contributed by atoms with Crippen molar-refractivity contribution in [3.63, 3.8) is 0 Å². The first kappa shape index (κ1) is 18.7. The first-order chi connectivity index (χ1) is 9.10. The van der Waals surface area contributed by atoms with Crippen LogP contribution in [-0.4, -0.2) is 25.5 Å². The van der Waals surface area contributed by atoms with Crippen molar-refractivity contribution in [1.82, 2.24) is 0 Å². The molecule has 0 fully saturated rings. The minimum atomic E-state index is -1.90. The van der Waals surface area contributed by atoms with Gasteiger partial charge in [-0.3, -0.25) is 0 Å². The Balaban J connectivity index is 4.96. The number of aliphatic carboxylic acids is 1. The summed E-state index contributed by atoms with van der Waals surface area (Å²) < 4.78 is 6.25. The van der Waals surface area contributed by atoms with Crippen molar-refractivity contribution in [2.45, 2.75) is 58.4 Å². The van der Waals surface area contributed by atoms with Gasteiger partial charge in [0.1, 0.15) is 0 Å². The molecule has 0 saturated carbocycles. The fourth-order valence-corrected chi connectivity index (χ4v) is 2.50. The van der Waals surface area contributed by atoms with Crippen molar-refractivity contribution < 1.29 is 14.3 Å². The van der Waals surface area contributed by atoms with Crippen molar-refractivity contribution in [1.29, 1.82) is 0 Å². The van der Waals surface area contributed by atoms with Gasteiger partial charge in [-0.05, 0) is 25.1 Å². The van der Waals surface area contributed by atoms with Crippen LogP contribution in [0.25, 0.3) is 0 Å². The third-order valence-electron chi connectivity index (χ3n) is 3.38. The molecule has 20 heavy (non-hydrogen) atoms. The minimum Gasteiger partial charge on any atom is -0.472 e. The lowest BCUT2D eigenvalue weighted by Crippen LogP contribution is -2.43. The molecule has 0 saturated heterocycles. The van der Waals surface area contributed by atoms with Crippen LogP contribution >= 0.6 is 0 Å². The van der Waals surface area contributed by atoms with Crippen LogP contribution in [0.3, 0.4) is 0 Å². The Labute approximate surface area is 123 Å². The molecule has 0 aromatic heterocycles. The fraction of sp³-hybridized carbons (Fsp3) is 0.562. The van der Waals surface area contributed by atoms with Crippen LogP contribution < -0.4 is 0 Å². The predicted octanol–water partition coefficient (Wildman–Crippen LogP) is 3.99. The second-order valence-corrected chi connectivity index (χ2v) is 10.9. The van der Waals surface area contributed by atoms with Gasteiger partial charge in [-0.1, -0.05) is 51.0 Å². The third-order valence-corrected chi connectivity index (χ3v) is 7.88. The van der Waals surface area contributed by atoms with E-state index in [-0.39, 0.29) is 11.1 Å². The molecule has 0 spiro atoms. The molecule has 0 aromatic rings. The molecular formula is C16H26O3Si. The maximum Gasteiger partial charge on any atom is 0.381 e. The van der Waals surface area contributed by atoms with Gasteiger partial charge in [0.2, 0.25) is 0 Å². The van der Waals surface area contributed by atoms with E-state index >= 15 is 0 Å². The van der Waals surface area contributed by atoms with Crippen LogP contribution in [0.15, 0.2) is 24.3 Å². The highest BCUT2D eigenvalue weighted by Crippen LogP contribution is 2.37. The predicted molar refractivity (Wildman–Crippen MR) is 86.1 cm³/mol. The third kappa shape index (κ3) is 7.32. The van der Waals surface area contributed by atoms with E-state index in [4.69, 9.17) is 9.53 Å². The number of carboxylic acids is 1. The Morgan fingerprint density at radius 1 is 1.35 bits per heavy atom. The normalized spacial score (nSPS) is 14.3. The van der Waals surface area contributed by atoms with Crippen molar-refractivity contribution >= 4 is 14.3 Å². The second-order valence-electron chi connectivity index (χ2n) is 6.14. The summed E-state index contributed by atoms with van der Waals surface area (Å²) >= 11 is 0. The lowest BCUT2D eigenvalue weighted by molar-refractivity contribution is -0.130. The summed E-state index contributed by atoms with van der Waals surface area (Å²) in [5, 5.41) is 8.68. The molecule has 4 heteroatoms. The maximum atomic E-state index is 10.5. The van der Waals surface area contributed by atoms with Gasteiger partial charge < -0.3 is 9.53 Å². The van der Waals surface area contributed by atoms with Crippen molar-refractivity contribution in [3.05, 3.63) is 24.3 Å². The SMILES string of the molecule is CC=CC=CC(CC#CC(=O)O)O[Si](C)(C)C(C)(C)C. The van der Waals surface area contributed by atoms with E-state index in [0.29, 0.717) is 6.42 Å². The number of hydrogen-bond acceptors (Lipinski definition) is 2. The fourth-order valence-electron chi connectivity index (χ4n) is 1.23. The van der Waals surface area contributed by atoms with Crippen molar-refractivity contribution in [2.75, 3.05) is 0 Å². The van der Waals surface area contributed by atoms with E-state index < -0.39 is 14.3 Å². The topological polar surface area (TPSA) is 46.5 Å². The zero-order valence-electron chi connectivity index (χ0n) is 13.4. The van der Waals surface area contributed by atoms with Gasteiger partial charge in [-0.2, -0.15) is 0 Å². The van der Waals surface area contributed by atoms with E-state index in [1.54, 1.807) is 0 Å². The van der Waals surface area contributed by atoms with Crippen LogP contribution in [0.2, 0.25) is 18.1 Å². The molecule has 1 unspecified atom stereocenters. The Morgan fingerprint density at radius 3 is 2.40 bits per heavy atom. The largest absolute Gasteiger partial charge is 0.472 e. The van der Waals surface area contributed by atoms with Gasteiger partial charge in [0.15, 0.2) is 8.32 Å². The van der Waals surface area contributed by atoms with Gasteiger partial charge in [0.25, 0.3) is 0 Å². The second kappa shape index (κ2) is 8.08. The van der Waals surface area contributed by atoms with Gasteiger partial charge >= 0.3 is 5.97 Å². The van der Waals surface area contributed by atoms with E-state index in [9.17, 15) is 4.79 Å². The summed E-state index contributed by atoms with van der Waals surface area (Å²) in [5.41, 5.74) is 0. The highest BCUT2D eigenvalue weighted by molar-refractivity contribution is 6.74. The van der Waals surface area contributed by atoms with Crippen molar-refractivity contribution in [2.24, 2.45) is 0 Å². The van der Waals surface area contributed by atoms with Gasteiger partial charge in [-0.25, -0.2) is 4.79 Å². The Hall–Kier alpha value is -1.31. The number of carboxylic acid groups (broad SMARTS) is 1. The summed E-state index contributed by atoms with van der Waals surface area (Å²) in [5.74, 6) is 3.70. The minimum absolute atomic E-state index is 0.111. The van der Waals surface area contributed by atoms with E-state index in [1.165, 1.54) is 0 Å². The molecule has 1 N–H and O–H groups in total. The summed E-state index contributed by atoms with van der Waals surface area (Å²) in [4.78, 5) is 10.5. The molecule has 0 amide bonds. The highest BCUT2D eigenvalue weighted by Gasteiger charge is 2.38. The first-order valence-corrected chi connectivity index (χ1v) is 9.70. The van der Waals surface area contributed by atoms with Crippen LogP contribution in [0.4, 0.5) is 0 Å². The zero-order valence-corrected chi connectivity index (χ0v) is 14.4. The lowest BCUT2D eigenvalue weighted by atomic mass is 10.2. The average Bonchev–Trinajstić information content (AvgIpc) is 2.26. The lowest BCUT2D eigenvalue weighted by Gasteiger charge is -2.38. The van der Waals surface area contributed by atoms with Crippen molar-refractivity contribution in [3.8, 4) is 11.8 Å². The van der Waals surface area contributed by atoms with Crippen LogP contribution in [0.1, 0.15) is 34.1 Å². The zero-order chi connectivity index (χ0) is 15.8. The maximum absolute atomic E-state index is 10.5. The molecule has 0 heterocycles. The molecule has 0 aromatic carbocycles. The average molecular weight is 294 g/mol.